The van der Waals surface area contributed by atoms with Crippen molar-refractivity contribution < 1.29 is 54.3 Å². The van der Waals surface area contributed by atoms with Crippen molar-refractivity contribution in [1.82, 2.24) is 0 Å². The summed E-state index contributed by atoms with van der Waals surface area (Å²) in [5.41, 5.74) is 23.7. The summed E-state index contributed by atoms with van der Waals surface area (Å²) in [4.78, 5) is 51.5. The van der Waals surface area contributed by atoms with E-state index < -0.39 is 32.1 Å². The average Bonchev–Trinajstić information content (AvgIpc) is 3.33. The summed E-state index contributed by atoms with van der Waals surface area (Å²) in [6.07, 6.45) is 9.48. The number of benzene rings is 5. The molecule has 0 radical (unpaired) electrons. The van der Waals surface area contributed by atoms with Crippen LogP contribution in [0.1, 0.15) is 79.2 Å². The molecule has 19 nitrogen and oxygen atoms in total. The van der Waals surface area contributed by atoms with E-state index in [4.69, 9.17) is 17.2 Å². The van der Waals surface area contributed by atoms with Gasteiger partial charge in [0.25, 0.3) is 23.6 Å². The van der Waals surface area contributed by atoms with E-state index in [1.165, 1.54) is 60.7 Å². The van der Waals surface area contributed by atoms with E-state index in [1.54, 1.807) is 54.6 Å². The van der Waals surface area contributed by atoms with E-state index in [-0.39, 0.29) is 55.5 Å². The molecular weight excluding hydrogens is 975 g/mol. The van der Waals surface area contributed by atoms with E-state index in [9.17, 15) is 45.1 Å². The van der Waals surface area contributed by atoms with E-state index in [2.05, 4.69) is 35.1 Å². The van der Waals surface area contributed by atoms with Crippen LogP contribution in [-0.4, -0.2) is 49.6 Å². The van der Waals surface area contributed by atoms with E-state index in [1.807, 2.05) is 59.9 Å². The zero-order valence-electron chi connectivity index (χ0n) is 40.3. The van der Waals surface area contributed by atoms with Crippen molar-refractivity contribution in [3.8, 4) is 0 Å². The van der Waals surface area contributed by atoms with Gasteiger partial charge in [0.1, 0.15) is 44.7 Å². The summed E-state index contributed by atoms with van der Waals surface area (Å²) < 4.78 is 66.3. The van der Waals surface area contributed by atoms with Crippen LogP contribution in [0.2, 0.25) is 0 Å². The van der Waals surface area contributed by atoms with Gasteiger partial charge in [0.15, 0.2) is 24.8 Å². The molecule has 0 aliphatic carbocycles. The quantitative estimate of drug-likeness (QED) is 0.0342. The van der Waals surface area contributed by atoms with Crippen LogP contribution >= 0.6 is 0 Å². The number of nitrogen functional groups attached to an aromatic ring is 3. The number of amides is 4. The van der Waals surface area contributed by atoms with Gasteiger partial charge in [-0.25, -0.2) is 26.0 Å². The maximum atomic E-state index is 13.1. The monoisotopic (exact) mass is 1030 g/mol. The van der Waals surface area contributed by atoms with Gasteiger partial charge in [-0.3, -0.25) is 19.2 Å². The summed E-state index contributed by atoms with van der Waals surface area (Å²) in [5.74, 6) is -1.77. The van der Waals surface area contributed by atoms with E-state index >= 15 is 0 Å². The topological polar surface area (TPSA) is 317 Å². The molecule has 0 saturated heterocycles. The third kappa shape index (κ3) is 16.5. The van der Waals surface area contributed by atoms with Crippen LogP contribution in [0.25, 0.3) is 0 Å². The zero-order valence-corrected chi connectivity index (χ0v) is 41.9. The van der Waals surface area contributed by atoms with Crippen LogP contribution < -0.4 is 47.6 Å². The number of anilines is 7. The molecule has 2 aromatic heterocycles. The number of hydrogen-bond donors (Lipinski definition) is 7. The van der Waals surface area contributed by atoms with Gasteiger partial charge < -0.3 is 47.6 Å². The molecule has 0 aliphatic rings. The molecule has 7 aromatic rings. The molecule has 21 heteroatoms. The summed E-state index contributed by atoms with van der Waals surface area (Å²) in [5, 5.41) is 11.1. The van der Waals surface area contributed by atoms with Crippen molar-refractivity contribution in [2.24, 2.45) is 0 Å². The maximum Gasteiger partial charge on any atom is 0.257 e. The largest absolute Gasteiger partial charge is 0.744 e. The lowest BCUT2D eigenvalue weighted by Crippen LogP contribution is -2.33. The Morgan fingerprint density at radius 3 is 1.19 bits per heavy atom. The fourth-order valence-electron chi connectivity index (χ4n) is 6.73. The zero-order chi connectivity index (χ0) is 53.5. The highest BCUT2D eigenvalue weighted by Crippen LogP contribution is 2.25. The Hall–Kier alpha value is -8.50. The lowest BCUT2D eigenvalue weighted by molar-refractivity contribution is -0.696. The lowest BCUT2D eigenvalue weighted by atomic mass is 10.1. The SMILES string of the molecule is CCC[n+]1cccc(NC(=O)c2ccc(NC(=O)c3ccc(C(=O)Nc4ccc(C(=O)Nc5ccc[n+](CCC)c5)cc4N)c(N)c3)c(N)c2)c1.Cc1ccc(S(=O)(=O)[O-])cc1.Cc1ccc(S(=O)(=O)[O-])cc1. The molecule has 2 heterocycles. The van der Waals surface area contributed by atoms with Crippen molar-refractivity contribution in [2.45, 2.75) is 63.4 Å². The second-order valence-electron chi connectivity index (χ2n) is 16.4. The Bertz CT molecular complexity index is 3280. The molecule has 73 heavy (non-hydrogen) atoms. The summed E-state index contributed by atoms with van der Waals surface area (Å²) in [6.45, 7) is 9.44. The number of carbonyl (C=O) groups is 4. The van der Waals surface area contributed by atoms with E-state index in [0.717, 1.165) is 37.1 Å². The fourth-order valence-corrected chi connectivity index (χ4v) is 7.67. The molecule has 5 aromatic carbocycles. The highest BCUT2D eigenvalue weighted by molar-refractivity contribution is 7.86. The number of hydrogen-bond acceptors (Lipinski definition) is 13. The van der Waals surface area contributed by atoms with Gasteiger partial charge in [-0.15, -0.1) is 0 Å². The third-order valence-electron chi connectivity index (χ3n) is 10.5. The summed E-state index contributed by atoms with van der Waals surface area (Å²) >= 11 is 0. The second-order valence-corrected chi connectivity index (χ2v) is 19.2. The summed E-state index contributed by atoms with van der Waals surface area (Å²) in [7, 11) is -8.54. The minimum Gasteiger partial charge on any atom is -0.744 e. The van der Waals surface area contributed by atoms with Crippen LogP contribution in [0.4, 0.5) is 39.8 Å². The maximum absolute atomic E-state index is 13.1. The highest BCUT2D eigenvalue weighted by Gasteiger charge is 2.18. The first-order chi connectivity index (χ1) is 34.5. The molecule has 0 fully saturated rings. The Kier molecular flexibility index (Phi) is 19.0. The molecule has 10 N–H and O–H groups in total. The van der Waals surface area contributed by atoms with Crippen molar-refractivity contribution in [1.29, 1.82) is 0 Å². The molecule has 7 rings (SSSR count). The first-order valence-electron chi connectivity index (χ1n) is 22.5. The van der Waals surface area contributed by atoms with Crippen LogP contribution in [0.15, 0.2) is 162 Å². The van der Waals surface area contributed by atoms with Crippen molar-refractivity contribution in [2.75, 3.05) is 38.5 Å². The fraction of sp³-hybridized carbons (Fsp3) is 0.154. The molecule has 0 bridgehead atoms. The predicted molar refractivity (Wildman–Crippen MR) is 277 cm³/mol. The first kappa shape index (κ1) is 55.4. The normalized spacial score (nSPS) is 10.9. The van der Waals surface area contributed by atoms with Gasteiger partial charge in [-0.1, -0.05) is 49.2 Å². The molecule has 0 unspecified atom stereocenters. The van der Waals surface area contributed by atoms with E-state index in [0.29, 0.717) is 28.2 Å². The van der Waals surface area contributed by atoms with Gasteiger partial charge >= 0.3 is 0 Å². The van der Waals surface area contributed by atoms with Crippen molar-refractivity contribution in [3.05, 3.63) is 186 Å². The predicted octanol–water partition coefficient (Wildman–Crippen LogP) is 6.64. The van der Waals surface area contributed by atoms with Gasteiger partial charge in [-0.2, -0.15) is 0 Å². The van der Waals surface area contributed by atoms with Crippen LogP contribution in [-0.2, 0) is 33.3 Å². The van der Waals surface area contributed by atoms with Gasteiger partial charge in [0.05, 0.1) is 38.1 Å². The molecule has 0 spiro atoms. The van der Waals surface area contributed by atoms with Gasteiger partial charge in [0, 0.05) is 47.4 Å². The number of nitrogens with zero attached hydrogens (tertiary/aromatic N) is 2. The van der Waals surface area contributed by atoms with Gasteiger partial charge in [-0.05, 0) is 105 Å². The number of nitrogens with one attached hydrogen (secondary N) is 4. The first-order valence-corrected chi connectivity index (χ1v) is 25.3. The molecule has 380 valence electrons. The molecule has 0 atom stereocenters. The van der Waals surface area contributed by atoms with Crippen molar-refractivity contribution in [3.63, 3.8) is 0 Å². The number of aryl methyl sites for hydroxylation is 4. The Morgan fingerprint density at radius 1 is 0.479 bits per heavy atom. The smallest absolute Gasteiger partial charge is 0.257 e. The summed E-state index contributed by atoms with van der Waals surface area (Å²) in [6, 6.07) is 32.3. The molecular formula is C52H55N9O10S2. The van der Waals surface area contributed by atoms with Crippen molar-refractivity contribution >= 4 is 83.7 Å². The van der Waals surface area contributed by atoms with Crippen LogP contribution in [0.3, 0.4) is 0 Å². The minimum absolute atomic E-state index is 0.0547. The number of rotatable bonds is 14. The Balaban J connectivity index is 0.000000366. The highest BCUT2D eigenvalue weighted by atomic mass is 32.2. The molecule has 0 saturated carbocycles. The second kappa shape index (κ2) is 25.1. The Labute approximate surface area is 423 Å². The molecule has 0 aliphatic heterocycles. The molecule has 4 amide bonds. The standard InChI is InChI=1S/C38H39N9O4.2C7H8O3S/c1-3-15-46-17-5-7-27(22-46)42-35(48)25-10-13-33(31(40)20-25)44-37(50)24-9-12-29(30(39)19-24)38(51)45-34-14-11-26(21-32(34)41)36(49)43-28-8-6-18-47(23-28)16-4-2;2*1-6-2-4-7(5-3-6)11(8,9)10/h5-14,17-23H,3-4,15-16H2,1-2H3,(H8-2,39,40,41,42,43,44,45,48,49,50,51);2*2-5H,1H3,(H,8,9,10). The van der Waals surface area contributed by atoms with Gasteiger partial charge in [0.2, 0.25) is 0 Å². The average molecular weight is 1030 g/mol. The number of pyridine rings is 2. The number of nitrogens with two attached hydrogens (primary N) is 3. The Morgan fingerprint density at radius 2 is 0.836 bits per heavy atom. The minimum atomic E-state index is -4.27. The number of carbonyl (C=O) groups excluding carboxylic acids is 4. The van der Waals surface area contributed by atoms with Crippen LogP contribution in [0.5, 0.6) is 0 Å². The van der Waals surface area contributed by atoms with Crippen LogP contribution in [0, 0.1) is 13.8 Å². The lowest BCUT2D eigenvalue weighted by Gasteiger charge is -2.13. The third-order valence-corrected chi connectivity index (χ3v) is 12.2. The number of aromatic nitrogens is 2.